The van der Waals surface area contributed by atoms with E-state index in [4.69, 9.17) is 11.6 Å². The Labute approximate surface area is 105 Å². The second-order valence-corrected chi connectivity index (χ2v) is 4.69. The topological polar surface area (TPSA) is 17.8 Å². The Morgan fingerprint density at radius 2 is 2.07 bits per heavy atom. The second kappa shape index (κ2) is 6.54. The van der Waals surface area contributed by atoms with Gasteiger partial charge in [-0.05, 0) is 48.5 Å². The molecule has 15 heavy (non-hydrogen) atoms. The zero-order valence-corrected chi connectivity index (χ0v) is 11.7. The fourth-order valence-corrected chi connectivity index (χ4v) is 2.59. The van der Waals surface area contributed by atoms with Crippen LogP contribution in [0.4, 0.5) is 0 Å². The first-order valence-electron chi connectivity index (χ1n) is 5.54. The van der Waals surface area contributed by atoms with Crippen LogP contribution < -0.4 is 0 Å². The summed E-state index contributed by atoms with van der Waals surface area (Å²) in [5.74, 6) is 0.749. The minimum atomic E-state index is 0.749. The molecule has 0 unspecified atom stereocenters. The number of aryl methyl sites for hydroxylation is 2. The highest BCUT2D eigenvalue weighted by atomic mass is 79.9. The Bertz CT molecular complexity index is 310. The highest BCUT2D eigenvalue weighted by Gasteiger charge is 2.12. The first-order valence-corrected chi connectivity index (χ1v) is 6.87. The molecule has 0 aliphatic rings. The summed E-state index contributed by atoms with van der Waals surface area (Å²) < 4.78 is 3.29. The molecule has 0 amide bonds. The molecular weight excluding hydrogens is 275 g/mol. The van der Waals surface area contributed by atoms with Crippen LogP contribution in [0.15, 0.2) is 4.47 Å². The van der Waals surface area contributed by atoms with Crippen LogP contribution in [0, 0.1) is 0 Å². The van der Waals surface area contributed by atoms with Crippen LogP contribution in [0.5, 0.6) is 0 Å². The molecule has 1 heterocycles. The maximum Gasteiger partial charge on any atom is 0.0766 e. The number of alkyl halides is 1. The lowest BCUT2D eigenvalue weighted by Gasteiger charge is -2.04. The summed E-state index contributed by atoms with van der Waals surface area (Å²) in [5, 5.41) is 4.56. The van der Waals surface area contributed by atoms with Crippen molar-refractivity contribution < 1.29 is 0 Å². The molecule has 86 valence electrons. The number of hydrogen-bond donors (Lipinski definition) is 0. The van der Waals surface area contributed by atoms with Crippen molar-refractivity contribution in [2.45, 2.75) is 46.1 Å². The van der Waals surface area contributed by atoms with Crippen molar-refractivity contribution in [1.29, 1.82) is 0 Å². The number of unbranched alkanes of at least 4 members (excludes halogenated alkanes) is 1. The minimum Gasteiger partial charge on any atom is -0.268 e. The van der Waals surface area contributed by atoms with E-state index in [1.165, 1.54) is 10.2 Å². The molecule has 2 nitrogen and oxygen atoms in total. The number of nitrogens with zero attached hydrogens (tertiary/aromatic N) is 2. The molecule has 0 bridgehead atoms. The van der Waals surface area contributed by atoms with E-state index in [1.807, 2.05) is 0 Å². The normalized spacial score (nSPS) is 10.9. The molecule has 1 aromatic heterocycles. The first-order chi connectivity index (χ1) is 7.24. The lowest BCUT2D eigenvalue weighted by molar-refractivity contribution is 0.601. The van der Waals surface area contributed by atoms with Crippen LogP contribution in [0.25, 0.3) is 0 Å². The van der Waals surface area contributed by atoms with Gasteiger partial charge in [-0.3, -0.25) is 4.68 Å². The van der Waals surface area contributed by atoms with Crippen molar-refractivity contribution in [2.24, 2.45) is 0 Å². The largest absolute Gasteiger partial charge is 0.268 e. The third kappa shape index (κ3) is 3.22. The number of halogens is 2. The summed E-state index contributed by atoms with van der Waals surface area (Å²) in [6.07, 6.45) is 4.26. The van der Waals surface area contributed by atoms with E-state index in [9.17, 15) is 0 Å². The average Bonchev–Trinajstić information content (AvgIpc) is 2.56. The van der Waals surface area contributed by atoms with E-state index in [1.54, 1.807) is 0 Å². The van der Waals surface area contributed by atoms with Crippen LogP contribution in [0.1, 0.15) is 38.1 Å². The number of hydrogen-bond acceptors (Lipinski definition) is 1. The smallest absolute Gasteiger partial charge is 0.0766 e. The summed E-state index contributed by atoms with van der Waals surface area (Å²) in [4.78, 5) is 0. The summed E-state index contributed by atoms with van der Waals surface area (Å²) >= 11 is 9.32. The van der Waals surface area contributed by atoms with Crippen LogP contribution >= 0.6 is 27.5 Å². The van der Waals surface area contributed by atoms with Gasteiger partial charge in [0.15, 0.2) is 0 Å². The van der Waals surface area contributed by atoms with Gasteiger partial charge in [0.05, 0.1) is 15.9 Å². The van der Waals surface area contributed by atoms with Gasteiger partial charge in [-0.2, -0.15) is 5.10 Å². The maximum absolute atomic E-state index is 5.68. The van der Waals surface area contributed by atoms with Gasteiger partial charge in [0.1, 0.15) is 0 Å². The third-order valence-corrected chi connectivity index (χ3v) is 3.67. The third-order valence-electron chi connectivity index (χ3n) is 2.49. The molecule has 0 aromatic carbocycles. The van der Waals surface area contributed by atoms with Gasteiger partial charge >= 0.3 is 0 Å². The summed E-state index contributed by atoms with van der Waals surface area (Å²) in [6, 6.07) is 0. The monoisotopic (exact) mass is 292 g/mol. The van der Waals surface area contributed by atoms with Gasteiger partial charge in [-0.15, -0.1) is 11.6 Å². The molecule has 1 rings (SSSR count). The molecule has 0 aliphatic heterocycles. The molecule has 0 radical (unpaired) electrons. The zero-order chi connectivity index (χ0) is 11.3. The van der Waals surface area contributed by atoms with E-state index >= 15 is 0 Å². The van der Waals surface area contributed by atoms with Crippen molar-refractivity contribution in [3.05, 3.63) is 15.9 Å². The van der Waals surface area contributed by atoms with E-state index in [0.29, 0.717) is 0 Å². The Morgan fingerprint density at radius 1 is 1.33 bits per heavy atom. The number of rotatable bonds is 6. The van der Waals surface area contributed by atoms with Gasteiger partial charge in [0, 0.05) is 12.4 Å². The first kappa shape index (κ1) is 13.0. The highest BCUT2D eigenvalue weighted by molar-refractivity contribution is 9.10. The number of aromatic nitrogens is 2. The predicted octanol–water partition coefficient (Wildman–Crippen LogP) is 3.79. The molecule has 1 aromatic rings. The Kier molecular flexibility index (Phi) is 5.69. The molecule has 0 atom stereocenters. The van der Waals surface area contributed by atoms with Crippen LogP contribution in [-0.2, 0) is 19.4 Å². The van der Waals surface area contributed by atoms with E-state index < -0.39 is 0 Å². The van der Waals surface area contributed by atoms with Crippen molar-refractivity contribution in [3.63, 3.8) is 0 Å². The summed E-state index contributed by atoms with van der Waals surface area (Å²) in [6.45, 7) is 5.20. The maximum atomic E-state index is 5.68. The Morgan fingerprint density at radius 3 is 2.60 bits per heavy atom. The Balaban J connectivity index is 2.78. The van der Waals surface area contributed by atoms with Gasteiger partial charge in [0.25, 0.3) is 0 Å². The highest BCUT2D eigenvalue weighted by Crippen LogP contribution is 2.23. The lowest BCUT2D eigenvalue weighted by atomic mass is 10.2. The molecular formula is C11H18BrClN2. The zero-order valence-electron chi connectivity index (χ0n) is 9.39. The van der Waals surface area contributed by atoms with Gasteiger partial charge in [-0.25, -0.2) is 0 Å². The second-order valence-electron chi connectivity index (χ2n) is 3.52. The van der Waals surface area contributed by atoms with E-state index in [2.05, 4.69) is 39.6 Å². The molecule has 0 saturated carbocycles. The van der Waals surface area contributed by atoms with Gasteiger partial charge < -0.3 is 0 Å². The standard InChI is InChI=1S/C11H18BrClN2/c1-3-9-11(12)10(7-5-6-8-13)15(4-2)14-9/h3-8H2,1-2H3. The average molecular weight is 294 g/mol. The van der Waals surface area contributed by atoms with Crippen molar-refractivity contribution in [2.75, 3.05) is 5.88 Å². The Hall–Kier alpha value is -0.0200. The summed E-state index contributed by atoms with van der Waals surface area (Å²) in [5.41, 5.74) is 2.48. The molecule has 4 heteroatoms. The summed E-state index contributed by atoms with van der Waals surface area (Å²) in [7, 11) is 0. The van der Waals surface area contributed by atoms with E-state index in [0.717, 1.165) is 43.8 Å². The predicted molar refractivity (Wildman–Crippen MR) is 68.6 cm³/mol. The van der Waals surface area contributed by atoms with Crippen molar-refractivity contribution in [3.8, 4) is 0 Å². The van der Waals surface area contributed by atoms with Crippen molar-refractivity contribution >= 4 is 27.5 Å². The molecule has 0 spiro atoms. The van der Waals surface area contributed by atoms with Crippen molar-refractivity contribution in [1.82, 2.24) is 9.78 Å². The minimum absolute atomic E-state index is 0.749. The van der Waals surface area contributed by atoms with Gasteiger partial charge in [0.2, 0.25) is 0 Å². The SMILES string of the molecule is CCc1nn(CC)c(CCCCCl)c1Br. The molecule has 0 fully saturated rings. The molecule has 0 aliphatic carbocycles. The van der Waals surface area contributed by atoms with E-state index in [-0.39, 0.29) is 0 Å². The van der Waals surface area contributed by atoms with Gasteiger partial charge in [-0.1, -0.05) is 6.92 Å². The van der Waals surface area contributed by atoms with Crippen LogP contribution in [0.3, 0.4) is 0 Å². The molecule has 0 N–H and O–H groups in total. The fraction of sp³-hybridized carbons (Fsp3) is 0.727. The van der Waals surface area contributed by atoms with Crippen LogP contribution in [-0.4, -0.2) is 15.7 Å². The fourth-order valence-electron chi connectivity index (χ4n) is 1.64. The lowest BCUT2D eigenvalue weighted by Crippen LogP contribution is -2.03. The quantitative estimate of drug-likeness (QED) is 0.576. The molecule has 0 saturated heterocycles. The van der Waals surface area contributed by atoms with Crippen LogP contribution in [0.2, 0.25) is 0 Å².